The van der Waals surface area contributed by atoms with E-state index in [9.17, 15) is 22.8 Å². The van der Waals surface area contributed by atoms with Gasteiger partial charge in [0.2, 0.25) is 5.91 Å². The van der Waals surface area contributed by atoms with E-state index in [0.29, 0.717) is 13.1 Å². The molecule has 10 heteroatoms. The van der Waals surface area contributed by atoms with E-state index in [4.69, 9.17) is 9.90 Å². The number of piperidine rings is 1. The van der Waals surface area contributed by atoms with Crippen molar-refractivity contribution in [3.8, 4) is 0 Å². The minimum Gasteiger partial charge on any atom is -0.475 e. The zero-order valence-corrected chi connectivity index (χ0v) is 17.0. The Morgan fingerprint density at radius 1 is 1.09 bits per heavy atom. The number of carbonyl (C=O) groups excluding carboxylic acids is 2. The number of nitrogens with one attached hydrogen (secondary N) is 1. The van der Waals surface area contributed by atoms with Crippen molar-refractivity contribution in [1.82, 2.24) is 15.2 Å². The summed E-state index contributed by atoms with van der Waals surface area (Å²) in [6, 6.07) is 13.2. The first-order valence-corrected chi connectivity index (χ1v) is 9.98. The number of aromatic nitrogens is 1. The van der Waals surface area contributed by atoms with Crippen LogP contribution in [-0.2, 0) is 9.59 Å². The maximum atomic E-state index is 12.6. The van der Waals surface area contributed by atoms with Gasteiger partial charge in [0.25, 0.3) is 5.91 Å². The molecule has 0 saturated carbocycles. The fraction of sp³-hybridized carbons (Fsp3) is 0.364. The van der Waals surface area contributed by atoms with Gasteiger partial charge >= 0.3 is 12.1 Å². The highest BCUT2D eigenvalue weighted by Crippen LogP contribution is 2.39. The first-order valence-electron chi connectivity index (χ1n) is 9.98. The van der Waals surface area contributed by atoms with Crippen LogP contribution in [-0.4, -0.2) is 57.6 Å². The zero-order chi connectivity index (χ0) is 23.4. The fourth-order valence-electron chi connectivity index (χ4n) is 3.96. The quantitative estimate of drug-likeness (QED) is 0.735. The number of carboxylic acids is 1. The molecule has 0 radical (unpaired) electrons. The summed E-state index contributed by atoms with van der Waals surface area (Å²) in [5.74, 6) is -2.74. The van der Waals surface area contributed by atoms with E-state index in [1.54, 1.807) is 12.4 Å². The molecule has 2 aliphatic heterocycles. The van der Waals surface area contributed by atoms with E-state index >= 15 is 0 Å². The number of amides is 2. The van der Waals surface area contributed by atoms with Crippen LogP contribution in [0.15, 0.2) is 54.9 Å². The number of halogens is 3. The van der Waals surface area contributed by atoms with E-state index in [1.165, 1.54) is 0 Å². The van der Waals surface area contributed by atoms with Crippen LogP contribution in [0.2, 0.25) is 0 Å². The van der Waals surface area contributed by atoms with E-state index in [2.05, 4.69) is 10.3 Å². The van der Waals surface area contributed by atoms with Crippen molar-refractivity contribution in [2.75, 3.05) is 13.1 Å². The molecule has 0 aliphatic carbocycles. The number of carboxylic acid groups (broad SMARTS) is 1. The Bertz CT molecular complexity index is 959. The van der Waals surface area contributed by atoms with Crippen molar-refractivity contribution in [2.45, 2.75) is 36.9 Å². The molecule has 1 atom stereocenters. The van der Waals surface area contributed by atoms with Crippen LogP contribution in [0.4, 0.5) is 13.2 Å². The summed E-state index contributed by atoms with van der Waals surface area (Å²) in [5.41, 5.74) is 1.51. The lowest BCUT2D eigenvalue weighted by atomic mass is 9.82. The molecule has 2 fully saturated rings. The summed E-state index contributed by atoms with van der Waals surface area (Å²) < 4.78 is 31.7. The highest BCUT2D eigenvalue weighted by Gasteiger charge is 2.46. The van der Waals surface area contributed by atoms with Gasteiger partial charge in [0.15, 0.2) is 0 Å². The molecule has 4 rings (SSSR count). The Labute approximate surface area is 182 Å². The normalized spacial score (nSPS) is 19.7. The SMILES string of the molecule is O=C(O)C(F)(F)F.O=C1NC2(CCN(C(=O)c3ccccc3)CC2)CC1c1cccnc1. The molecule has 2 amide bonds. The molecule has 1 aromatic carbocycles. The van der Waals surface area contributed by atoms with Crippen molar-refractivity contribution in [3.63, 3.8) is 0 Å². The lowest BCUT2D eigenvalue weighted by Gasteiger charge is -2.39. The van der Waals surface area contributed by atoms with E-state index in [1.807, 2.05) is 47.4 Å². The lowest BCUT2D eigenvalue weighted by Crippen LogP contribution is -2.52. The number of benzene rings is 1. The van der Waals surface area contributed by atoms with Gasteiger partial charge in [0.05, 0.1) is 5.92 Å². The Hall–Kier alpha value is -3.43. The molecule has 3 heterocycles. The lowest BCUT2D eigenvalue weighted by molar-refractivity contribution is -0.192. The molecular formula is C22H22F3N3O4. The van der Waals surface area contributed by atoms with Crippen LogP contribution < -0.4 is 5.32 Å². The first kappa shape index (κ1) is 23.2. The average Bonchev–Trinajstić information content (AvgIpc) is 3.10. The summed E-state index contributed by atoms with van der Waals surface area (Å²) >= 11 is 0. The molecule has 7 nitrogen and oxygen atoms in total. The third-order valence-electron chi connectivity index (χ3n) is 5.66. The molecule has 2 aromatic rings. The molecule has 2 saturated heterocycles. The smallest absolute Gasteiger partial charge is 0.475 e. The van der Waals surface area contributed by atoms with Crippen LogP contribution in [0, 0.1) is 0 Å². The Morgan fingerprint density at radius 3 is 2.25 bits per heavy atom. The molecule has 1 unspecified atom stereocenters. The Morgan fingerprint density at radius 2 is 1.72 bits per heavy atom. The van der Waals surface area contributed by atoms with Crippen LogP contribution in [0.5, 0.6) is 0 Å². The molecule has 2 N–H and O–H groups in total. The van der Waals surface area contributed by atoms with Crippen LogP contribution in [0.25, 0.3) is 0 Å². The standard InChI is InChI=1S/C20H21N3O2.C2HF3O2/c24-18-17(16-7-4-10-21-14-16)13-20(22-18)8-11-23(12-9-20)19(25)15-5-2-1-3-6-15;3-2(4,5)1(6)7/h1-7,10,14,17H,8-9,11-13H2,(H,22,24);(H,6,7). The van der Waals surface area contributed by atoms with Crippen molar-refractivity contribution >= 4 is 17.8 Å². The number of aliphatic carboxylic acids is 1. The summed E-state index contributed by atoms with van der Waals surface area (Å²) in [5, 5.41) is 10.3. The maximum Gasteiger partial charge on any atom is 0.490 e. The second-order valence-corrected chi connectivity index (χ2v) is 7.77. The van der Waals surface area contributed by atoms with Gasteiger partial charge in [0.1, 0.15) is 0 Å². The third kappa shape index (κ3) is 5.43. The van der Waals surface area contributed by atoms with Gasteiger partial charge in [-0.05, 0) is 43.0 Å². The van der Waals surface area contributed by atoms with Crippen LogP contribution in [0.1, 0.15) is 41.1 Å². The van der Waals surface area contributed by atoms with Crippen LogP contribution in [0.3, 0.4) is 0 Å². The molecule has 32 heavy (non-hydrogen) atoms. The summed E-state index contributed by atoms with van der Waals surface area (Å²) in [6.07, 6.45) is 0.796. The number of nitrogens with zero attached hydrogens (tertiary/aromatic N) is 2. The number of pyridine rings is 1. The average molecular weight is 449 g/mol. The minimum atomic E-state index is -5.08. The van der Waals surface area contributed by atoms with Gasteiger partial charge in [-0.25, -0.2) is 4.79 Å². The predicted octanol–water partition coefficient (Wildman–Crippen LogP) is 2.99. The number of carbonyl (C=O) groups is 3. The van der Waals surface area contributed by atoms with E-state index in [0.717, 1.165) is 30.4 Å². The monoisotopic (exact) mass is 449 g/mol. The first-order chi connectivity index (χ1) is 15.1. The second kappa shape index (κ2) is 9.37. The van der Waals surface area contributed by atoms with Crippen LogP contribution >= 0.6 is 0 Å². The van der Waals surface area contributed by atoms with Gasteiger partial charge in [-0.3, -0.25) is 14.6 Å². The maximum absolute atomic E-state index is 12.6. The van der Waals surface area contributed by atoms with Crippen molar-refractivity contribution in [2.24, 2.45) is 0 Å². The fourth-order valence-corrected chi connectivity index (χ4v) is 3.96. The van der Waals surface area contributed by atoms with Gasteiger partial charge in [-0.15, -0.1) is 0 Å². The largest absolute Gasteiger partial charge is 0.490 e. The topological polar surface area (TPSA) is 99.6 Å². The number of rotatable bonds is 2. The molecule has 2 aliphatic rings. The zero-order valence-electron chi connectivity index (χ0n) is 17.0. The third-order valence-corrected chi connectivity index (χ3v) is 5.66. The minimum absolute atomic E-state index is 0.0728. The molecule has 0 bridgehead atoms. The van der Waals surface area contributed by atoms with Gasteiger partial charge < -0.3 is 15.3 Å². The van der Waals surface area contributed by atoms with Crippen molar-refractivity contribution in [1.29, 1.82) is 0 Å². The Kier molecular flexibility index (Phi) is 6.81. The Balaban J connectivity index is 0.000000360. The molecule has 1 aromatic heterocycles. The number of hydrogen-bond donors (Lipinski definition) is 2. The summed E-state index contributed by atoms with van der Waals surface area (Å²) in [4.78, 5) is 40.0. The molecular weight excluding hydrogens is 427 g/mol. The predicted molar refractivity (Wildman–Crippen MR) is 108 cm³/mol. The van der Waals surface area contributed by atoms with Crippen molar-refractivity contribution in [3.05, 3.63) is 66.0 Å². The van der Waals surface area contributed by atoms with Gasteiger partial charge in [-0.1, -0.05) is 24.3 Å². The number of alkyl halides is 3. The van der Waals surface area contributed by atoms with E-state index in [-0.39, 0.29) is 23.3 Å². The summed E-state index contributed by atoms with van der Waals surface area (Å²) in [6.45, 7) is 1.35. The van der Waals surface area contributed by atoms with Gasteiger partial charge in [0, 0.05) is 36.6 Å². The number of likely N-dealkylation sites (tertiary alicyclic amines) is 1. The highest BCUT2D eigenvalue weighted by molar-refractivity contribution is 5.94. The van der Waals surface area contributed by atoms with E-state index < -0.39 is 12.1 Å². The van der Waals surface area contributed by atoms with Gasteiger partial charge in [-0.2, -0.15) is 13.2 Å². The highest BCUT2D eigenvalue weighted by atomic mass is 19.4. The summed E-state index contributed by atoms with van der Waals surface area (Å²) in [7, 11) is 0. The molecule has 1 spiro atoms. The number of hydrogen-bond acceptors (Lipinski definition) is 4. The molecule has 170 valence electrons. The van der Waals surface area contributed by atoms with Crippen molar-refractivity contribution < 1.29 is 32.7 Å². The second-order valence-electron chi connectivity index (χ2n) is 7.77.